The first-order valence-corrected chi connectivity index (χ1v) is 6.97. The second kappa shape index (κ2) is 4.77. The lowest BCUT2D eigenvalue weighted by atomic mass is 10.4. The van der Waals surface area contributed by atoms with Crippen molar-refractivity contribution in [1.29, 1.82) is 0 Å². The molecule has 4 nitrogen and oxygen atoms in total. The van der Waals surface area contributed by atoms with E-state index in [-0.39, 0.29) is 6.04 Å². The average Bonchev–Trinajstić information content (AvgIpc) is 2.58. The molecule has 0 N–H and O–H groups in total. The summed E-state index contributed by atoms with van der Waals surface area (Å²) >= 11 is 5.71. The van der Waals surface area contributed by atoms with Crippen molar-refractivity contribution in [2.45, 2.75) is 30.7 Å². The first-order chi connectivity index (χ1) is 7.30. The van der Waals surface area contributed by atoms with Crippen LogP contribution in [0.1, 0.15) is 19.5 Å². The summed E-state index contributed by atoms with van der Waals surface area (Å²) in [6.45, 7) is 3.67. The van der Waals surface area contributed by atoms with Gasteiger partial charge in [-0.05, 0) is 19.9 Å². The third-order valence-corrected chi connectivity index (χ3v) is 4.90. The van der Waals surface area contributed by atoms with Gasteiger partial charge in [0.15, 0.2) is 0 Å². The summed E-state index contributed by atoms with van der Waals surface area (Å²) in [6.07, 6.45) is 1.59. The fourth-order valence-electron chi connectivity index (χ4n) is 1.29. The zero-order valence-corrected chi connectivity index (χ0v) is 11.5. The molecule has 1 rings (SSSR count). The number of rotatable bonds is 4. The lowest BCUT2D eigenvalue weighted by Gasteiger charge is -2.19. The van der Waals surface area contributed by atoms with Crippen molar-refractivity contribution < 1.29 is 8.42 Å². The molecule has 0 fully saturated rings. The summed E-state index contributed by atoms with van der Waals surface area (Å²) in [7, 11) is -0.0356. The molecule has 1 aromatic heterocycles. The van der Waals surface area contributed by atoms with Gasteiger partial charge in [-0.15, -0.1) is 11.6 Å². The molecule has 0 bridgehead atoms. The molecule has 0 spiro atoms. The zero-order valence-electron chi connectivity index (χ0n) is 9.94. The molecular formula is C10H17ClN2O2S. The second-order valence-corrected chi connectivity index (χ2v) is 6.29. The van der Waals surface area contributed by atoms with Crippen LogP contribution in [0.25, 0.3) is 0 Å². The van der Waals surface area contributed by atoms with E-state index in [2.05, 4.69) is 0 Å². The molecule has 0 radical (unpaired) electrons. The third kappa shape index (κ3) is 2.42. The Morgan fingerprint density at radius 1 is 1.50 bits per heavy atom. The van der Waals surface area contributed by atoms with E-state index < -0.39 is 10.0 Å². The van der Waals surface area contributed by atoms with Crippen LogP contribution in [-0.2, 0) is 23.0 Å². The van der Waals surface area contributed by atoms with E-state index in [1.165, 1.54) is 4.31 Å². The standard InChI is InChI=1S/C10H17ClN2O2S/c1-8(2)13(4)16(14,15)10-5-9(6-11)12(3)7-10/h5,7-8H,6H2,1-4H3. The maximum Gasteiger partial charge on any atom is 0.244 e. The van der Waals surface area contributed by atoms with Gasteiger partial charge in [0.05, 0.1) is 5.88 Å². The highest BCUT2D eigenvalue weighted by Gasteiger charge is 2.24. The fourth-order valence-corrected chi connectivity index (χ4v) is 3.02. The summed E-state index contributed by atoms with van der Waals surface area (Å²) in [5, 5.41) is 0. The minimum Gasteiger partial charge on any atom is -0.352 e. The zero-order chi connectivity index (χ0) is 12.5. The van der Waals surface area contributed by atoms with Crippen LogP contribution < -0.4 is 0 Å². The van der Waals surface area contributed by atoms with E-state index >= 15 is 0 Å². The van der Waals surface area contributed by atoms with Gasteiger partial charge in [-0.25, -0.2) is 8.42 Å². The number of nitrogens with zero attached hydrogens (tertiary/aromatic N) is 2. The highest BCUT2D eigenvalue weighted by Crippen LogP contribution is 2.19. The number of aryl methyl sites for hydroxylation is 1. The first-order valence-electron chi connectivity index (χ1n) is 5.00. The Balaban J connectivity index is 3.17. The highest BCUT2D eigenvalue weighted by molar-refractivity contribution is 7.89. The van der Waals surface area contributed by atoms with Crippen LogP contribution in [0.2, 0.25) is 0 Å². The van der Waals surface area contributed by atoms with Crippen molar-refractivity contribution in [3.8, 4) is 0 Å². The summed E-state index contributed by atoms with van der Waals surface area (Å²) in [5.74, 6) is 0.303. The lowest BCUT2D eigenvalue weighted by Crippen LogP contribution is -2.32. The smallest absolute Gasteiger partial charge is 0.244 e. The summed E-state index contributed by atoms with van der Waals surface area (Å²) < 4.78 is 27.3. The SMILES string of the molecule is CC(C)N(C)S(=O)(=O)c1cc(CCl)n(C)c1. The van der Waals surface area contributed by atoms with Crippen molar-refractivity contribution in [1.82, 2.24) is 8.87 Å². The van der Waals surface area contributed by atoms with E-state index in [0.717, 1.165) is 5.69 Å². The predicted octanol–water partition coefficient (Wildman–Crippen LogP) is 1.79. The van der Waals surface area contributed by atoms with Gasteiger partial charge in [0.2, 0.25) is 10.0 Å². The van der Waals surface area contributed by atoms with Crippen molar-refractivity contribution in [3.05, 3.63) is 18.0 Å². The van der Waals surface area contributed by atoms with Crippen molar-refractivity contribution >= 4 is 21.6 Å². The summed E-state index contributed by atoms with van der Waals surface area (Å²) in [6, 6.07) is 1.55. The number of hydrogen-bond donors (Lipinski definition) is 0. The average molecular weight is 265 g/mol. The molecule has 1 heterocycles. The summed E-state index contributed by atoms with van der Waals surface area (Å²) in [5.41, 5.74) is 0.789. The van der Waals surface area contributed by atoms with Crippen LogP contribution in [0.3, 0.4) is 0 Å². The van der Waals surface area contributed by atoms with E-state index in [0.29, 0.717) is 10.8 Å². The van der Waals surface area contributed by atoms with Gasteiger partial charge >= 0.3 is 0 Å². The van der Waals surface area contributed by atoms with Gasteiger partial charge in [0, 0.05) is 32.0 Å². The molecule has 6 heteroatoms. The molecule has 0 aliphatic carbocycles. The molecule has 0 aromatic carbocycles. The number of alkyl halides is 1. The van der Waals surface area contributed by atoms with Gasteiger partial charge < -0.3 is 4.57 Å². The third-order valence-electron chi connectivity index (χ3n) is 2.62. The van der Waals surface area contributed by atoms with Crippen molar-refractivity contribution in [2.75, 3.05) is 7.05 Å². The molecule has 92 valence electrons. The molecular weight excluding hydrogens is 248 g/mol. The van der Waals surface area contributed by atoms with E-state index in [9.17, 15) is 8.42 Å². The van der Waals surface area contributed by atoms with Crippen LogP contribution in [0.4, 0.5) is 0 Å². The quantitative estimate of drug-likeness (QED) is 0.778. The van der Waals surface area contributed by atoms with Crippen molar-refractivity contribution in [3.63, 3.8) is 0 Å². The van der Waals surface area contributed by atoms with Gasteiger partial charge in [-0.1, -0.05) is 0 Å². The van der Waals surface area contributed by atoms with Crippen LogP contribution in [-0.4, -0.2) is 30.4 Å². The Kier molecular flexibility index (Phi) is 4.04. The van der Waals surface area contributed by atoms with Gasteiger partial charge in [-0.3, -0.25) is 0 Å². The van der Waals surface area contributed by atoms with Gasteiger partial charge in [0.25, 0.3) is 0 Å². The molecule has 0 aliphatic heterocycles. The molecule has 0 saturated heterocycles. The maximum atomic E-state index is 12.1. The van der Waals surface area contributed by atoms with E-state index in [1.54, 1.807) is 30.9 Å². The molecule has 0 saturated carbocycles. The molecule has 16 heavy (non-hydrogen) atoms. The first kappa shape index (κ1) is 13.5. The molecule has 0 atom stereocenters. The summed E-state index contributed by atoms with van der Waals surface area (Å²) in [4.78, 5) is 0.293. The van der Waals surface area contributed by atoms with Crippen molar-refractivity contribution in [2.24, 2.45) is 7.05 Å². The number of aromatic nitrogens is 1. The molecule has 0 aliphatic rings. The minimum atomic E-state index is -3.40. The number of halogens is 1. The minimum absolute atomic E-state index is 0.0651. The molecule has 1 aromatic rings. The Morgan fingerprint density at radius 2 is 2.06 bits per heavy atom. The van der Waals surface area contributed by atoms with Gasteiger partial charge in [0.1, 0.15) is 4.90 Å². The second-order valence-electron chi connectivity index (χ2n) is 4.03. The number of sulfonamides is 1. The maximum absolute atomic E-state index is 12.1. The number of hydrogen-bond acceptors (Lipinski definition) is 2. The molecule has 0 unspecified atom stereocenters. The Labute approximate surface area is 102 Å². The Hall–Kier alpha value is -0.520. The van der Waals surface area contributed by atoms with Crippen LogP contribution in [0, 0.1) is 0 Å². The van der Waals surface area contributed by atoms with Gasteiger partial charge in [-0.2, -0.15) is 4.31 Å². The Morgan fingerprint density at radius 3 is 2.44 bits per heavy atom. The lowest BCUT2D eigenvalue weighted by molar-refractivity contribution is 0.410. The monoisotopic (exact) mass is 264 g/mol. The molecule has 0 amide bonds. The predicted molar refractivity (Wildman–Crippen MR) is 65.1 cm³/mol. The van der Waals surface area contributed by atoms with Crippen LogP contribution in [0.15, 0.2) is 17.2 Å². The topological polar surface area (TPSA) is 42.3 Å². The fraction of sp³-hybridized carbons (Fsp3) is 0.600. The van der Waals surface area contributed by atoms with E-state index in [1.807, 2.05) is 13.8 Å². The largest absolute Gasteiger partial charge is 0.352 e. The van der Waals surface area contributed by atoms with Crippen LogP contribution >= 0.6 is 11.6 Å². The highest BCUT2D eigenvalue weighted by atomic mass is 35.5. The normalized spacial score (nSPS) is 12.7. The van der Waals surface area contributed by atoms with E-state index in [4.69, 9.17) is 11.6 Å². The Bertz CT molecular complexity index is 465. The van der Waals surface area contributed by atoms with Crippen LogP contribution in [0.5, 0.6) is 0 Å².